The smallest absolute Gasteiger partial charge is 0.194 e. The lowest BCUT2D eigenvalue weighted by Crippen LogP contribution is -2.42. The highest BCUT2D eigenvalue weighted by molar-refractivity contribution is 14.0. The summed E-state index contributed by atoms with van der Waals surface area (Å²) in [6.07, 6.45) is 7.37. The van der Waals surface area contributed by atoms with Crippen LogP contribution in [0.2, 0.25) is 0 Å². The lowest BCUT2D eigenvalue weighted by atomic mass is 9.68. The Morgan fingerprint density at radius 1 is 1.38 bits per heavy atom. The molecule has 0 aromatic carbocycles. The highest BCUT2D eigenvalue weighted by Gasteiger charge is 2.43. The Hall–Kier alpha value is -1.05. The molecule has 0 unspecified atom stereocenters. The predicted octanol–water partition coefficient (Wildman–Crippen LogP) is 3.11. The largest absolute Gasteiger partial charge is 0.362 e. The third-order valence-corrected chi connectivity index (χ3v) is 5.18. The number of rotatable bonds is 4. The molecule has 1 spiro atoms. The number of likely N-dealkylation sites (tertiary alicyclic amines) is 1. The Morgan fingerprint density at radius 3 is 2.75 bits per heavy atom. The molecule has 2 heterocycles. The Morgan fingerprint density at radius 2 is 2.17 bits per heavy atom. The standard InChI is InChI=1S/C18H29N5.HI/c1-4-19-17(23-12-10-18(14-23)8-6-9-18)21-13-15-7-5-11-20-16(15)22(2)3;/h5,7,11H,4,6,8-10,12-14H2,1-3H3,(H,19,21);1H. The molecule has 134 valence electrons. The van der Waals surface area contributed by atoms with Gasteiger partial charge in [0.25, 0.3) is 0 Å². The van der Waals surface area contributed by atoms with Gasteiger partial charge in [-0.2, -0.15) is 0 Å². The number of hydrogen-bond acceptors (Lipinski definition) is 3. The summed E-state index contributed by atoms with van der Waals surface area (Å²) >= 11 is 0. The second-order valence-corrected chi connectivity index (χ2v) is 7.08. The van der Waals surface area contributed by atoms with E-state index in [9.17, 15) is 0 Å². The first-order valence-corrected chi connectivity index (χ1v) is 8.78. The first kappa shape index (κ1) is 19.3. The van der Waals surface area contributed by atoms with Crippen LogP contribution in [-0.4, -0.2) is 49.6 Å². The van der Waals surface area contributed by atoms with Crippen molar-refractivity contribution in [2.75, 3.05) is 38.6 Å². The number of aromatic nitrogens is 1. The van der Waals surface area contributed by atoms with Crippen LogP contribution in [0.25, 0.3) is 0 Å². The predicted molar refractivity (Wildman–Crippen MR) is 111 cm³/mol. The van der Waals surface area contributed by atoms with Crippen molar-refractivity contribution in [3.63, 3.8) is 0 Å². The molecule has 3 rings (SSSR count). The fourth-order valence-electron chi connectivity index (χ4n) is 3.74. The zero-order valence-electron chi connectivity index (χ0n) is 15.1. The van der Waals surface area contributed by atoms with Crippen molar-refractivity contribution in [1.29, 1.82) is 0 Å². The first-order valence-electron chi connectivity index (χ1n) is 8.78. The molecule has 1 saturated heterocycles. The van der Waals surface area contributed by atoms with Gasteiger partial charge in [0, 0.05) is 45.5 Å². The summed E-state index contributed by atoms with van der Waals surface area (Å²) in [6, 6.07) is 4.11. The van der Waals surface area contributed by atoms with Crippen molar-refractivity contribution in [3.05, 3.63) is 23.9 Å². The zero-order valence-corrected chi connectivity index (χ0v) is 17.4. The Labute approximate surface area is 162 Å². The van der Waals surface area contributed by atoms with Crippen LogP contribution in [0.15, 0.2) is 23.3 Å². The molecule has 24 heavy (non-hydrogen) atoms. The van der Waals surface area contributed by atoms with Crippen LogP contribution in [0.5, 0.6) is 0 Å². The molecule has 6 heteroatoms. The van der Waals surface area contributed by atoms with Crippen LogP contribution in [-0.2, 0) is 6.54 Å². The van der Waals surface area contributed by atoms with E-state index in [0.29, 0.717) is 12.0 Å². The maximum absolute atomic E-state index is 4.90. The highest BCUT2D eigenvalue weighted by atomic mass is 127. The summed E-state index contributed by atoms with van der Waals surface area (Å²) in [4.78, 5) is 13.9. The molecule has 5 nitrogen and oxygen atoms in total. The third-order valence-electron chi connectivity index (χ3n) is 5.18. The van der Waals surface area contributed by atoms with Gasteiger partial charge in [-0.05, 0) is 37.7 Å². The number of hydrogen-bond donors (Lipinski definition) is 1. The van der Waals surface area contributed by atoms with Crippen LogP contribution in [0, 0.1) is 5.41 Å². The minimum Gasteiger partial charge on any atom is -0.362 e. The Bertz CT molecular complexity index is 568. The minimum atomic E-state index is 0. The van der Waals surface area contributed by atoms with Crippen molar-refractivity contribution in [2.24, 2.45) is 10.4 Å². The fourth-order valence-corrected chi connectivity index (χ4v) is 3.74. The molecule has 0 atom stereocenters. The van der Waals surface area contributed by atoms with E-state index in [1.807, 2.05) is 26.4 Å². The first-order chi connectivity index (χ1) is 11.1. The number of pyridine rings is 1. The zero-order chi connectivity index (χ0) is 16.3. The van der Waals surface area contributed by atoms with Crippen molar-refractivity contribution in [2.45, 2.75) is 39.2 Å². The number of guanidine groups is 1. The maximum Gasteiger partial charge on any atom is 0.194 e. The van der Waals surface area contributed by atoms with E-state index in [1.165, 1.54) is 37.8 Å². The lowest BCUT2D eigenvalue weighted by Gasteiger charge is -2.38. The number of aliphatic imine (C=N–C) groups is 1. The van der Waals surface area contributed by atoms with E-state index in [1.54, 1.807) is 0 Å². The Kier molecular flexibility index (Phi) is 6.71. The number of halogens is 1. The molecule has 1 aromatic heterocycles. The van der Waals surface area contributed by atoms with Crippen LogP contribution in [0.3, 0.4) is 0 Å². The van der Waals surface area contributed by atoms with Crippen LogP contribution < -0.4 is 10.2 Å². The molecular weight excluding hydrogens is 413 g/mol. The van der Waals surface area contributed by atoms with E-state index in [0.717, 1.165) is 24.9 Å². The summed E-state index contributed by atoms with van der Waals surface area (Å²) in [7, 11) is 4.06. The number of nitrogens with one attached hydrogen (secondary N) is 1. The van der Waals surface area contributed by atoms with Gasteiger partial charge < -0.3 is 15.1 Å². The van der Waals surface area contributed by atoms with Crippen LogP contribution >= 0.6 is 24.0 Å². The number of anilines is 1. The molecular formula is C18H30IN5. The molecule has 2 aliphatic rings. The molecule has 1 N–H and O–H groups in total. The summed E-state index contributed by atoms with van der Waals surface area (Å²) in [5.74, 6) is 2.06. The highest BCUT2D eigenvalue weighted by Crippen LogP contribution is 2.47. The summed E-state index contributed by atoms with van der Waals surface area (Å²) in [6.45, 7) is 6.04. The van der Waals surface area contributed by atoms with Gasteiger partial charge in [-0.3, -0.25) is 0 Å². The van der Waals surface area contributed by atoms with Gasteiger partial charge in [-0.15, -0.1) is 24.0 Å². The molecule has 1 aromatic rings. The summed E-state index contributed by atoms with van der Waals surface area (Å²) < 4.78 is 0. The lowest BCUT2D eigenvalue weighted by molar-refractivity contribution is 0.151. The molecule has 1 aliphatic carbocycles. The van der Waals surface area contributed by atoms with Gasteiger partial charge in [0.15, 0.2) is 5.96 Å². The topological polar surface area (TPSA) is 43.8 Å². The summed E-state index contributed by atoms with van der Waals surface area (Å²) in [5, 5.41) is 3.47. The molecule has 0 amide bonds. The third kappa shape index (κ3) is 4.13. The fraction of sp³-hybridized carbons (Fsp3) is 0.667. The molecule has 2 fully saturated rings. The van der Waals surface area contributed by atoms with E-state index >= 15 is 0 Å². The summed E-state index contributed by atoms with van der Waals surface area (Å²) in [5.41, 5.74) is 1.77. The van der Waals surface area contributed by atoms with Crippen molar-refractivity contribution < 1.29 is 0 Å². The molecule has 1 aliphatic heterocycles. The Balaban J connectivity index is 0.00000208. The van der Waals surface area contributed by atoms with Crippen molar-refractivity contribution >= 4 is 35.8 Å². The normalized spacial score (nSPS) is 19.0. The second kappa shape index (κ2) is 8.36. The van der Waals surface area contributed by atoms with E-state index in [-0.39, 0.29) is 24.0 Å². The SMILES string of the molecule is CCNC(=NCc1cccnc1N(C)C)N1CCC2(CCC2)C1.I. The number of nitrogens with zero attached hydrogens (tertiary/aromatic N) is 4. The van der Waals surface area contributed by atoms with Gasteiger partial charge in [-0.1, -0.05) is 12.5 Å². The quantitative estimate of drug-likeness (QED) is 0.441. The van der Waals surface area contributed by atoms with Gasteiger partial charge in [0.05, 0.1) is 6.54 Å². The van der Waals surface area contributed by atoms with Gasteiger partial charge in [0.2, 0.25) is 0 Å². The monoisotopic (exact) mass is 443 g/mol. The molecule has 1 saturated carbocycles. The minimum absolute atomic E-state index is 0. The average Bonchev–Trinajstić information content (AvgIpc) is 2.97. The second-order valence-electron chi connectivity index (χ2n) is 7.08. The van der Waals surface area contributed by atoms with Crippen molar-refractivity contribution in [1.82, 2.24) is 15.2 Å². The van der Waals surface area contributed by atoms with Gasteiger partial charge in [0.1, 0.15) is 5.82 Å². The molecule has 0 radical (unpaired) electrons. The average molecular weight is 443 g/mol. The van der Waals surface area contributed by atoms with E-state index < -0.39 is 0 Å². The van der Waals surface area contributed by atoms with Gasteiger partial charge >= 0.3 is 0 Å². The van der Waals surface area contributed by atoms with Crippen LogP contribution in [0.4, 0.5) is 5.82 Å². The molecule has 0 bridgehead atoms. The van der Waals surface area contributed by atoms with Gasteiger partial charge in [-0.25, -0.2) is 9.98 Å². The van der Waals surface area contributed by atoms with E-state index in [2.05, 4.69) is 33.1 Å². The van der Waals surface area contributed by atoms with E-state index in [4.69, 9.17) is 4.99 Å². The van der Waals surface area contributed by atoms with Crippen LogP contribution in [0.1, 0.15) is 38.2 Å². The van der Waals surface area contributed by atoms with Crippen molar-refractivity contribution in [3.8, 4) is 0 Å². The maximum atomic E-state index is 4.90.